The number of aromatic nitrogens is 1. The molecule has 1 aromatic carbocycles. The molecule has 25 heavy (non-hydrogen) atoms. The molecule has 0 spiro atoms. The topological polar surface area (TPSA) is 74.3 Å². The SMILES string of the molecule is CC(=O)Nc1nc(C(=O)Nc2cc(C(F)(F)F)ccc2N(C)C)cs1. The van der Waals surface area contributed by atoms with Gasteiger partial charge in [0.2, 0.25) is 5.91 Å². The lowest BCUT2D eigenvalue weighted by molar-refractivity contribution is -0.137. The Balaban J connectivity index is 2.29. The largest absolute Gasteiger partial charge is 0.416 e. The van der Waals surface area contributed by atoms with E-state index in [2.05, 4.69) is 15.6 Å². The Morgan fingerprint density at radius 1 is 1.20 bits per heavy atom. The van der Waals surface area contributed by atoms with Crippen LogP contribution in [-0.2, 0) is 11.0 Å². The minimum Gasteiger partial charge on any atom is -0.376 e. The molecule has 1 aromatic heterocycles. The lowest BCUT2D eigenvalue weighted by atomic mass is 10.1. The van der Waals surface area contributed by atoms with Gasteiger partial charge in [0.15, 0.2) is 5.13 Å². The fraction of sp³-hybridized carbons (Fsp3) is 0.267. The molecular weight excluding hydrogens is 357 g/mol. The van der Waals surface area contributed by atoms with E-state index in [0.29, 0.717) is 5.69 Å². The number of alkyl halides is 3. The fourth-order valence-corrected chi connectivity index (χ4v) is 2.71. The zero-order valence-corrected chi connectivity index (χ0v) is 14.4. The second-order valence-corrected chi connectivity index (χ2v) is 6.16. The van der Waals surface area contributed by atoms with E-state index in [4.69, 9.17) is 0 Å². The van der Waals surface area contributed by atoms with Crippen LogP contribution >= 0.6 is 11.3 Å². The molecule has 0 radical (unpaired) electrons. The molecule has 0 aliphatic rings. The second-order valence-electron chi connectivity index (χ2n) is 5.30. The maximum absolute atomic E-state index is 12.9. The highest BCUT2D eigenvalue weighted by molar-refractivity contribution is 7.14. The Morgan fingerprint density at radius 3 is 2.44 bits per heavy atom. The molecule has 0 fully saturated rings. The average molecular weight is 372 g/mol. The van der Waals surface area contributed by atoms with Gasteiger partial charge < -0.3 is 15.5 Å². The first-order valence-electron chi connectivity index (χ1n) is 7.01. The summed E-state index contributed by atoms with van der Waals surface area (Å²) in [6.45, 7) is 1.30. The molecule has 2 aromatic rings. The highest BCUT2D eigenvalue weighted by atomic mass is 32.1. The van der Waals surface area contributed by atoms with E-state index in [1.807, 2.05) is 0 Å². The number of amides is 2. The van der Waals surface area contributed by atoms with Gasteiger partial charge in [-0.25, -0.2) is 4.98 Å². The third-order valence-electron chi connectivity index (χ3n) is 3.07. The number of benzene rings is 1. The minimum absolute atomic E-state index is 0.00383. The number of carbonyl (C=O) groups excluding carboxylic acids is 2. The van der Waals surface area contributed by atoms with E-state index in [-0.39, 0.29) is 22.4 Å². The van der Waals surface area contributed by atoms with Crippen molar-refractivity contribution < 1.29 is 22.8 Å². The fourth-order valence-electron chi connectivity index (χ4n) is 1.97. The molecule has 0 unspecified atom stereocenters. The van der Waals surface area contributed by atoms with Crippen molar-refractivity contribution in [1.29, 1.82) is 0 Å². The third-order valence-corrected chi connectivity index (χ3v) is 3.83. The van der Waals surface area contributed by atoms with Crippen molar-refractivity contribution in [3.05, 3.63) is 34.8 Å². The molecule has 0 bridgehead atoms. The molecule has 2 rings (SSSR count). The first-order valence-corrected chi connectivity index (χ1v) is 7.89. The molecule has 0 saturated heterocycles. The van der Waals surface area contributed by atoms with Crippen LogP contribution in [-0.4, -0.2) is 30.9 Å². The maximum atomic E-state index is 12.9. The van der Waals surface area contributed by atoms with Crippen LogP contribution in [0.5, 0.6) is 0 Å². The van der Waals surface area contributed by atoms with Crippen LogP contribution in [0.3, 0.4) is 0 Å². The summed E-state index contributed by atoms with van der Waals surface area (Å²) in [7, 11) is 3.30. The van der Waals surface area contributed by atoms with E-state index in [1.54, 1.807) is 19.0 Å². The van der Waals surface area contributed by atoms with Crippen LogP contribution < -0.4 is 15.5 Å². The average Bonchev–Trinajstić information content (AvgIpc) is 2.93. The summed E-state index contributed by atoms with van der Waals surface area (Å²) in [5.74, 6) is -1.01. The van der Waals surface area contributed by atoms with E-state index in [0.717, 1.165) is 23.5 Å². The summed E-state index contributed by atoms with van der Waals surface area (Å²) in [6, 6.07) is 3.10. The highest BCUT2D eigenvalue weighted by Crippen LogP contribution is 2.35. The van der Waals surface area contributed by atoms with Crippen LogP contribution in [0.25, 0.3) is 0 Å². The van der Waals surface area contributed by atoms with Crippen LogP contribution in [0.4, 0.5) is 29.7 Å². The highest BCUT2D eigenvalue weighted by Gasteiger charge is 2.31. The quantitative estimate of drug-likeness (QED) is 0.862. The second kappa shape index (κ2) is 7.09. The van der Waals surface area contributed by atoms with Crippen molar-refractivity contribution in [2.24, 2.45) is 0 Å². The zero-order chi connectivity index (χ0) is 18.8. The van der Waals surface area contributed by atoms with Gasteiger partial charge in [-0.15, -0.1) is 11.3 Å². The Bertz CT molecular complexity index is 802. The Labute approximate surface area is 145 Å². The van der Waals surface area contributed by atoms with E-state index in [9.17, 15) is 22.8 Å². The summed E-state index contributed by atoms with van der Waals surface area (Å²) < 4.78 is 38.7. The lowest BCUT2D eigenvalue weighted by Crippen LogP contribution is -2.18. The van der Waals surface area contributed by atoms with Crippen molar-refractivity contribution in [3.63, 3.8) is 0 Å². The Morgan fingerprint density at radius 2 is 1.88 bits per heavy atom. The number of thiazole rings is 1. The number of hydrogen-bond donors (Lipinski definition) is 2. The molecule has 2 N–H and O–H groups in total. The number of anilines is 3. The number of halogens is 3. The first-order chi connectivity index (χ1) is 11.6. The lowest BCUT2D eigenvalue weighted by Gasteiger charge is -2.19. The molecule has 0 aliphatic heterocycles. The van der Waals surface area contributed by atoms with Crippen LogP contribution in [0.15, 0.2) is 23.6 Å². The van der Waals surface area contributed by atoms with Gasteiger partial charge in [-0.2, -0.15) is 13.2 Å². The van der Waals surface area contributed by atoms with Crippen molar-refractivity contribution in [2.75, 3.05) is 29.6 Å². The monoisotopic (exact) mass is 372 g/mol. The van der Waals surface area contributed by atoms with Crippen molar-refractivity contribution in [1.82, 2.24) is 4.98 Å². The molecular formula is C15H15F3N4O2S. The van der Waals surface area contributed by atoms with Crippen LogP contribution in [0.2, 0.25) is 0 Å². The zero-order valence-electron chi connectivity index (χ0n) is 13.6. The van der Waals surface area contributed by atoms with Gasteiger partial charge in [-0.05, 0) is 18.2 Å². The molecule has 0 atom stereocenters. The normalized spacial score (nSPS) is 11.1. The van der Waals surface area contributed by atoms with Crippen LogP contribution in [0, 0.1) is 0 Å². The molecule has 134 valence electrons. The van der Waals surface area contributed by atoms with Gasteiger partial charge in [-0.3, -0.25) is 9.59 Å². The van der Waals surface area contributed by atoms with Gasteiger partial charge in [0.25, 0.3) is 5.91 Å². The first kappa shape index (κ1) is 18.7. The third kappa shape index (κ3) is 4.69. The standard InChI is InChI=1S/C15H15F3N4O2S/c1-8(23)19-14-21-11(7-25-14)13(24)20-10-6-9(15(16,17)18)4-5-12(10)22(2)3/h4-7H,1-3H3,(H,20,24)(H,19,21,23). The van der Waals surface area contributed by atoms with E-state index in [1.165, 1.54) is 18.4 Å². The number of nitrogens with one attached hydrogen (secondary N) is 2. The molecule has 2 amide bonds. The van der Waals surface area contributed by atoms with Crippen molar-refractivity contribution >= 4 is 39.7 Å². The van der Waals surface area contributed by atoms with E-state index < -0.39 is 17.6 Å². The molecule has 6 nitrogen and oxygen atoms in total. The number of carbonyl (C=O) groups is 2. The van der Waals surface area contributed by atoms with Gasteiger partial charge in [0.05, 0.1) is 16.9 Å². The maximum Gasteiger partial charge on any atom is 0.416 e. The van der Waals surface area contributed by atoms with Gasteiger partial charge >= 0.3 is 6.18 Å². The number of nitrogens with zero attached hydrogens (tertiary/aromatic N) is 2. The minimum atomic E-state index is -4.52. The summed E-state index contributed by atoms with van der Waals surface area (Å²) in [6.07, 6.45) is -4.52. The predicted octanol–water partition coefficient (Wildman–Crippen LogP) is 3.44. The van der Waals surface area contributed by atoms with Crippen molar-refractivity contribution in [2.45, 2.75) is 13.1 Å². The smallest absolute Gasteiger partial charge is 0.376 e. The molecule has 0 aliphatic carbocycles. The van der Waals surface area contributed by atoms with Crippen LogP contribution in [0.1, 0.15) is 23.0 Å². The molecule has 1 heterocycles. The Kier molecular flexibility index (Phi) is 5.31. The molecule has 0 saturated carbocycles. The van der Waals surface area contributed by atoms with Gasteiger partial charge in [-0.1, -0.05) is 0 Å². The number of hydrogen-bond acceptors (Lipinski definition) is 5. The summed E-state index contributed by atoms with van der Waals surface area (Å²) in [5.41, 5.74) is -0.445. The summed E-state index contributed by atoms with van der Waals surface area (Å²) in [4.78, 5) is 28.8. The van der Waals surface area contributed by atoms with E-state index >= 15 is 0 Å². The van der Waals surface area contributed by atoms with Gasteiger partial charge in [0, 0.05) is 26.4 Å². The predicted molar refractivity (Wildman–Crippen MR) is 90.1 cm³/mol. The van der Waals surface area contributed by atoms with Gasteiger partial charge in [0.1, 0.15) is 5.69 Å². The number of rotatable bonds is 4. The summed E-state index contributed by atoms with van der Waals surface area (Å²) in [5, 5.41) is 6.51. The molecule has 10 heteroatoms. The van der Waals surface area contributed by atoms with Crippen molar-refractivity contribution in [3.8, 4) is 0 Å². The Hall–Kier alpha value is -2.62. The summed E-state index contributed by atoms with van der Waals surface area (Å²) >= 11 is 1.04.